The van der Waals surface area contributed by atoms with Gasteiger partial charge in [-0.25, -0.2) is 0 Å². The van der Waals surface area contributed by atoms with Crippen LogP contribution in [0.25, 0.3) is 0 Å². The zero-order valence-electron chi connectivity index (χ0n) is 9.21. The Balaban J connectivity index is 2.70. The molecule has 0 bridgehead atoms. The summed E-state index contributed by atoms with van der Waals surface area (Å²) in [5.74, 6) is 0.692. The molecule has 4 heteroatoms. The first-order valence-corrected chi connectivity index (χ1v) is 9.32. The largest absolute Gasteiger partial charge is 0.388 e. The van der Waals surface area contributed by atoms with Crippen LogP contribution in [0.2, 0.25) is 12.6 Å². The van der Waals surface area contributed by atoms with E-state index in [0.717, 1.165) is 12.5 Å². The molecule has 1 aromatic rings. The smallest absolute Gasteiger partial charge is 0.252 e. The summed E-state index contributed by atoms with van der Waals surface area (Å²) in [5.41, 5.74) is 1.19. The summed E-state index contributed by atoms with van der Waals surface area (Å²) in [6.07, 6.45) is 0.991. The Labute approximate surface area is 103 Å². The van der Waals surface area contributed by atoms with E-state index in [0.29, 0.717) is 5.88 Å². The lowest BCUT2D eigenvalue weighted by molar-refractivity contribution is 1.04. The zero-order valence-corrected chi connectivity index (χ0v) is 11.7. The fraction of sp³-hybridized carbons (Fsp3) is 0.455. The summed E-state index contributed by atoms with van der Waals surface area (Å²) >= 11 is 12.3. The summed E-state index contributed by atoms with van der Waals surface area (Å²) < 4.78 is 2.22. The topological polar surface area (TPSA) is 3.24 Å². The predicted octanol–water partition coefficient (Wildman–Crippen LogP) is 4.06. The fourth-order valence-electron chi connectivity index (χ4n) is 1.48. The van der Waals surface area contributed by atoms with Gasteiger partial charge in [0.15, 0.2) is 0 Å². The molecule has 0 aromatic heterocycles. The number of benzene rings is 1. The van der Waals surface area contributed by atoms with E-state index >= 15 is 0 Å². The molecule has 0 amide bonds. The molecule has 0 saturated carbocycles. The van der Waals surface area contributed by atoms with Crippen molar-refractivity contribution < 1.29 is 0 Å². The van der Waals surface area contributed by atoms with Gasteiger partial charge in [-0.3, -0.25) is 0 Å². The second-order valence-corrected chi connectivity index (χ2v) is 10.1. The van der Waals surface area contributed by atoms with Gasteiger partial charge in [-0.05, 0) is 38.2 Å². The minimum atomic E-state index is -1.85. The lowest BCUT2D eigenvalue weighted by atomic mass is 10.3. The van der Waals surface area contributed by atoms with Crippen molar-refractivity contribution in [2.75, 3.05) is 17.5 Å². The van der Waals surface area contributed by atoms with Crippen LogP contribution in [0.5, 0.6) is 0 Å². The molecule has 0 radical (unpaired) electrons. The van der Waals surface area contributed by atoms with Gasteiger partial charge in [0, 0.05) is 11.6 Å². The highest BCUT2D eigenvalue weighted by atomic mass is 35.6. The van der Waals surface area contributed by atoms with Crippen LogP contribution in [0.15, 0.2) is 30.3 Å². The monoisotopic (exact) mass is 261 g/mol. The average Bonchev–Trinajstić information content (AvgIpc) is 2.26. The third-order valence-electron chi connectivity index (χ3n) is 2.61. The number of halogens is 2. The third-order valence-corrected chi connectivity index (χ3v) is 7.13. The van der Waals surface area contributed by atoms with E-state index in [1.54, 1.807) is 0 Å². The molecular formula is C11H17Cl2NSi. The molecule has 0 spiro atoms. The van der Waals surface area contributed by atoms with Crippen LogP contribution in [0.1, 0.15) is 6.42 Å². The second kappa shape index (κ2) is 5.78. The summed E-state index contributed by atoms with van der Waals surface area (Å²) in [7, 11) is 0.225. The van der Waals surface area contributed by atoms with Crippen molar-refractivity contribution in [1.29, 1.82) is 0 Å². The van der Waals surface area contributed by atoms with Crippen molar-refractivity contribution >= 4 is 35.9 Å². The minimum Gasteiger partial charge on any atom is -0.388 e. The maximum Gasteiger partial charge on any atom is 0.252 e. The van der Waals surface area contributed by atoms with Crippen molar-refractivity contribution in [3.63, 3.8) is 0 Å². The average molecular weight is 262 g/mol. The normalized spacial score (nSPS) is 14.7. The van der Waals surface area contributed by atoms with Gasteiger partial charge in [0.2, 0.25) is 0 Å². The first-order valence-electron chi connectivity index (χ1n) is 5.11. The number of nitrogens with zero attached hydrogens (tertiary/aromatic N) is 1. The van der Waals surface area contributed by atoms with Crippen LogP contribution in [-0.2, 0) is 0 Å². The number of anilines is 1. The summed E-state index contributed by atoms with van der Waals surface area (Å²) in [6, 6.07) is 11.3. The molecule has 15 heavy (non-hydrogen) atoms. The van der Waals surface area contributed by atoms with Crippen LogP contribution < -0.4 is 4.57 Å². The van der Waals surface area contributed by atoms with Crippen LogP contribution in [0.3, 0.4) is 0 Å². The highest BCUT2D eigenvalue weighted by molar-refractivity contribution is 7.21. The zero-order chi connectivity index (χ0) is 11.3. The van der Waals surface area contributed by atoms with Gasteiger partial charge >= 0.3 is 0 Å². The van der Waals surface area contributed by atoms with Crippen LogP contribution in [-0.4, -0.2) is 20.5 Å². The Morgan fingerprint density at radius 3 is 2.40 bits per heavy atom. The summed E-state index contributed by atoms with van der Waals surface area (Å²) in [4.78, 5) is 0. The lowest BCUT2D eigenvalue weighted by Crippen LogP contribution is -2.44. The Hall–Kier alpha value is -0.183. The van der Waals surface area contributed by atoms with Crippen molar-refractivity contribution in [2.45, 2.75) is 19.0 Å². The Kier molecular flexibility index (Phi) is 4.96. The number of rotatable bonds is 5. The van der Waals surface area contributed by atoms with Crippen molar-refractivity contribution in [1.82, 2.24) is 0 Å². The number of alkyl halides is 1. The van der Waals surface area contributed by atoms with Gasteiger partial charge in [0.05, 0.1) is 0 Å². The van der Waals surface area contributed by atoms with Gasteiger partial charge in [-0.2, -0.15) is 0 Å². The first kappa shape index (κ1) is 12.9. The van der Waals surface area contributed by atoms with E-state index < -0.39 is 7.55 Å². The molecule has 1 unspecified atom stereocenters. The number of hydrogen-bond acceptors (Lipinski definition) is 1. The lowest BCUT2D eigenvalue weighted by Gasteiger charge is -2.33. The first-order chi connectivity index (χ1) is 7.08. The standard InChI is InChI=1S/C11H17Cl2NSi/c1-14(11-7-4-3-5-8-11)15(2,13)10-6-9-12/h3-5,7-8H,6,9-10H2,1-2H3. The van der Waals surface area contributed by atoms with E-state index in [1.165, 1.54) is 5.69 Å². The highest BCUT2D eigenvalue weighted by Gasteiger charge is 2.29. The molecule has 0 aliphatic carbocycles. The summed E-state index contributed by atoms with van der Waals surface area (Å²) in [5, 5.41) is 0. The van der Waals surface area contributed by atoms with Crippen LogP contribution in [0, 0.1) is 0 Å². The van der Waals surface area contributed by atoms with E-state index in [9.17, 15) is 0 Å². The second-order valence-electron chi connectivity index (χ2n) is 3.83. The highest BCUT2D eigenvalue weighted by Crippen LogP contribution is 2.26. The Morgan fingerprint density at radius 2 is 1.87 bits per heavy atom. The van der Waals surface area contributed by atoms with Gasteiger partial charge in [-0.15, -0.1) is 22.7 Å². The third kappa shape index (κ3) is 3.71. The van der Waals surface area contributed by atoms with Gasteiger partial charge < -0.3 is 4.57 Å². The molecule has 1 atom stereocenters. The van der Waals surface area contributed by atoms with Crippen molar-refractivity contribution in [2.24, 2.45) is 0 Å². The van der Waals surface area contributed by atoms with Crippen molar-refractivity contribution in [3.8, 4) is 0 Å². The summed E-state index contributed by atoms with van der Waals surface area (Å²) in [6.45, 7) is 2.16. The van der Waals surface area contributed by atoms with E-state index in [4.69, 9.17) is 22.7 Å². The Bertz CT molecular complexity index is 290. The van der Waals surface area contributed by atoms with Crippen LogP contribution >= 0.6 is 22.7 Å². The number of para-hydroxylation sites is 1. The maximum atomic E-state index is 6.61. The minimum absolute atomic E-state index is 0.692. The predicted molar refractivity (Wildman–Crippen MR) is 72.5 cm³/mol. The molecule has 0 heterocycles. The molecule has 84 valence electrons. The maximum absolute atomic E-state index is 6.61. The quantitative estimate of drug-likeness (QED) is 0.439. The fourth-order valence-corrected chi connectivity index (χ4v) is 4.37. The number of hydrogen-bond donors (Lipinski definition) is 0. The molecule has 0 fully saturated rings. The molecule has 0 N–H and O–H groups in total. The van der Waals surface area contributed by atoms with Gasteiger partial charge in [0.1, 0.15) is 0 Å². The Morgan fingerprint density at radius 1 is 1.27 bits per heavy atom. The van der Waals surface area contributed by atoms with E-state index in [2.05, 4.69) is 30.3 Å². The van der Waals surface area contributed by atoms with E-state index in [1.807, 2.05) is 18.2 Å². The van der Waals surface area contributed by atoms with Crippen LogP contribution in [0.4, 0.5) is 5.69 Å². The molecule has 1 rings (SSSR count). The molecule has 0 aliphatic rings. The molecule has 0 aliphatic heterocycles. The van der Waals surface area contributed by atoms with Gasteiger partial charge in [-0.1, -0.05) is 18.2 Å². The molecule has 1 nitrogen and oxygen atoms in total. The SMILES string of the molecule is CN(c1ccccc1)[Si](C)(Cl)CCCCl. The molecule has 0 saturated heterocycles. The van der Waals surface area contributed by atoms with E-state index in [-0.39, 0.29) is 0 Å². The van der Waals surface area contributed by atoms with Gasteiger partial charge in [0.25, 0.3) is 7.55 Å². The molecule has 1 aromatic carbocycles. The van der Waals surface area contributed by atoms with Crippen molar-refractivity contribution in [3.05, 3.63) is 30.3 Å². The molecular weight excluding hydrogens is 245 g/mol.